The van der Waals surface area contributed by atoms with E-state index in [0.717, 1.165) is 18.8 Å². The SMILES string of the molecule is CC1CC(CN)([C@H](O)C(C)(C)C)C1. The third kappa shape index (κ3) is 1.89. The summed E-state index contributed by atoms with van der Waals surface area (Å²) in [5.74, 6) is 0.737. The van der Waals surface area contributed by atoms with Crippen LogP contribution < -0.4 is 5.73 Å². The maximum absolute atomic E-state index is 10.2. The Bertz CT molecular complexity index is 177. The molecule has 0 spiro atoms. The summed E-state index contributed by atoms with van der Waals surface area (Å²) in [7, 11) is 0. The van der Waals surface area contributed by atoms with Gasteiger partial charge in [0.15, 0.2) is 0 Å². The first kappa shape index (κ1) is 11.0. The average Bonchev–Trinajstić information content (AvgIpc) is 1.95. The molecule has 1 saturated carbocycles. The van der Waals surface area contributed by atoms with Gasteiger partial charge >= 0.3 is 0 Å². The fraction of sp³-hybridized carbons (Fsp3) is 1.00. The lowest BCUT2D eigenvalue weighted by Gasteiger charge is -2.52. The Morgan fingerprint density at radius 1 is 1.46 bits per heavy atom. The van der Waals surface area contributed by atoms with E-state index in [9.17, 15) is 5.11 Å². The van der Waals surface area contributed by atoms with E-state index >= 15 is 0 Å². The van der Waals surface area contributed by atoms with E-state index in [-0.39, 0.29) is 16.9 Å². The predicted octanol–water partition coefficient (Wildman–Crippen LogP) is 1.77. The first-order valence-electron chi connectivity index (χ1n) is 5.20. The summed E-state index contributed by atoms with van der Waals surface area (Å²) < 4.78 is 0. The van der Waals surface area contributed by atoms with Crippen LogP contribution in [0.3, 0.4) is 0 Å². The Labute approximate surface area is 81.5 Å². The molecule has 2 nitrogen and oxygen atoms in total. The van der Waals surface area contributed by atoms with Gasteiger partial charge < -0.3 is 10.8 Å². The molecule has 1 aliphatic rings. The van der Waals surface area contributed by atoms with Crippen molar-refractivity contribution in [1.82, 2.24) is 0 Å². The molecule has 13 heavy (non-hydrogen) atoms. The summed E-state index contributed by atoms with van der Waals surface area (Å²) >= 11 is 0. The highest BCUT2D eigenvalue weighted by atomic mass is 16.3. The number of rotatable bonds is 2. The standard InChI is InChI=1S/C11H23NO/c1-8-5-11(6-8,7-12)9(13)10(2,3)4/h8-9,13H,5-7,12H2,1-4H3/t8?,9-,11?/m1/s1. The highest BCUT2D eigenvalue weighted by molar-refractivity contribution is 5.01. The van der Waals surface area contributed by atoms with Gasteiger partial charge in [0.05, 0.1) is 6.10 Å². The molecule has 0 radical (unpaired) electrons. The van der Waals surface area contributed by atoms with Gasteiger partial charge in [-0.3, -0.25) is 0 Å². The van der Waals surface area contributed by atoms with Crippen molar-refractivity contribution in [3.63, 3.8) is 0 Å². The summed E-state index contributed by atoms with van der Waals surface area (Å²) in [6.45, 7) is 9.09. The monoisotopic (exact) mass is 185 g/mol. The Morgan fingerprint density at radius 3 is 2.15 bits per heavy atom. The molecule has 0 amide bonds. The second-order valence-electron chi connectivity index (χ2n) is 5.85. The van der Waals surface area contributed by atoms with Gasteiger partial charge in [0.25, 0.3) is 0 Å². The van der Waals surface area contributed by atoms with Crippen molar-refractivity contribution >= 4 is 0 Å². The minimum absolute atomic E-state index is 0.0116. The molecule has 0 aromatic rings. The van der Waals surface area contributed by atoms with Gasteiger partial charge in [-0.1, -0.05) is 27.7 Å². The quantitative estimate of drug-likeness (QED) is 0.688. The van der Waals surface area contributed by atoms with Crippen LogP contribution in [0, 0.1) is 16.7 Å². The van der Waals surface area contributed by atoms with Crippen LogP contribution in [0.4, 0.5) is 0 Å². The van der Waals surface area contributed by atoms with Crippen LogP contribution in [-0.2, 0) is 0 Å². The van der Waals surface area contributed by atoms with Crippen LogP contribution in [0.2, 0.25) is 0 Å². The Kier molecular flexibility index (Phi) is 2.75. The lowest BCUT2D eigenvalue weighted by molar-refractivity contribution is -0.109. The van der Waals surface area contributed by atoms with E-state index < -0.39 is 0 Å². The van der Waals surface area contributed by atoms with Gasteiger partial charge in [0, 0.05) is 12.0 Å². The first-order chi connectivity index (χ1) is 5.82. The van der Waals surface area contributed by atoms with Crippen molar-refractivity contribution in [3.05, 3.63) is 0 Å². The van der Waals surface area contributed by atoms with Gasteiger partial charge in [0.1, 0.15) is 0 Å². The number of aliphatic hydroxyl groups excluding tert-OH is 1. The van der Waals surface area contributed by atoms with Gasteiger partial charge in [-0.05, 0) is 24.2 Å². The van der Waals surface area contributed by atoms with Crippen LogP contribution in [-0.4, -0.2) is 17.8 Å². The van der Waals surface area contributed by atoms with Crippen molar-refractivity contribution in [3.8, 4) is 0 Å². The van der Waals surface area contributed by atoms with Crippen LogP contribution >= 0.6 is 0 Å². The maximum Gasteiger partial charge on any atom is 0.0656 e. The van der Waals surface area contributed by atoms with Crippen LogP contribution in [0.15, 0.2) is 0 Å². The summed E-state index contributed by atoms with van der Waals surface area (Å²) in [5, 5.41) is 10.2. The van der Waals surface area contributed by atoms with Gasteiger partial charge in [-0.25, -0.2) is 0 Å². The van der Waals surface area contributed by atoms with E-state index in [2.05, 4.69) is 27.7 Å². The zero-order chi connectivity index (χ0) is 10.3. The molecule has 3 N–H and O–H groups in total. The van der Waals surface area contributed by atoms with Crippen molar-refractivity contribution in [2.24, 2.45) is 22.5 Å². The fourth-order valence-corrected chi connectivity index (χ4v) is 2.75. The molecule has 1 aliphatic carbocycles. The zero-order valence-electron chi connectivity index (χ0n) is 9.30. The van der Waals surface area contributed by atoms with Crippen LogP contribution in [0.25, 0.3) is 0 Å². The Morgan fingerprint density at radius 2 is 1.92 bits per heavy atom. The molecular weight excluding hydrogens is 162 g/mol. The molecule has 78 valence electrons. The third-order valence-electron chi connectivity index (χ3n) is 3.32. The minimum Gasteiger partial charge on any atom is -0.392 e. The fourth-order valence-electron chi connectivity index (χ4n) is 2.75. The topological polar surface area (TPSA) is 46.2 Å². The van der Waals surface area contributed by atoms with E-state index in [4.69, 9.17) is 5.73 Å². The lowest BCUT2D eigenvalue weighted by Crippen LogP contribution is -2.55. The van der Waals surface area contributed by atoms with E-state index in [0.29, 0.717) is 6.54 Å². The van der Waals surface area contributed by atoms with E-state index in [1.54, 1.807) is 0 Å². The largest absolute Gasteiger partial charge is 0.392 e. The molecule has 1 atom stereocenters. The zero-order valence-corrected chi connectivity index (χ0v) is 9.30. The summed E-state index contributed by atoms with van der Waals surface area (Å²) in [6, 6.07) is 0. The average molecular weight is 185 g/mol. The predicted molar refractivity (Wildman–Crippen MR) is 55.3 cm³/mol. The number of hydrogen-bond acceptors (Lipinski definition) is 2. The Balaban J connectivity index is 2.68. The Hall–Kier alpha value is -0.0800. The minimum atomic E-state index is -0.263. The number of nitrogens with two attached hydrogens (primary N) is 1. The second-order valence-corrected chi connectivity index (χ2v) is 5.85. The van der Waals surface area contributed by atoms with E-state index in [1.807, 2.05) is 0 Å². The molecule has 0 saturated heterocycles. The summed E-state index contributed by atoms with van der Waals surface area (Å²) in [5.41, 5.74) is 5.74. The second kappa shape index (κ2) is 3.25. The third-order valence-corrected chi connectivity index (χ3v) is 3.32. The molecule has 0 aromatic heterocycles. The molecule has 0 bridgehead atoms. The van der Waals surface area contributed by atoms with Crippen molar-refractivity contribution in [1.29, 1.82) is 0 Å². The first-order valence-corrected chi connectivity index (χ1v) is 5.20. The molecule has 1 fully saturated rings. The summed E-state index contributed by atoms with van der Waals surface area (Å²) in [4.78, 5) is 0. The van der Waals surface area contributed by atoms with Gasteiger partial charge in [0.2, 0.25) is 0 Å². The van der Waals surface area contributed by atoms with Crippen molar-refractivity contribution < 1.29 is 5.11 Å². The molecule has 1 rings (SSSR count). The van der Waals surface area contributed by atoms with Crippen LogP contribution in [0.1, 0.15) is 40.5 Å². The van der Waals surface area contributed by atoms with Gasteiger partial charge in [-0.2, -0.15) is 0 Å². The lowest BCUT2D eigenvalue weighted by atomic mass is 9.55. The maximum atomic E-state index is 10.2. The number of aliphatic hydroxyl groups is 1. The highest BCUT2D eigenvalue weighted by Gasteiger charge is 2.50. The molecule has 0 unspecified atom stereocenters. The van der Waals surface area contributed by atoms with Gasteiger partial charge in [-0.15, -0.1) is 0 Å². The highest BCUT2D eigenvalue weighted by Crippen LogP contribution is 2.51. The molecule has 0 aromatic carbocycles. The molecule has 2 heteroatoms. The molecular formula is C11H23NO. The molecule has 0 aliphatic heterocycles. The van der Waals surface area contributed by atoms with Crippen molar-refractivity contribution in [2.45, 2.75) is 46.6 Å². The van der Waals surface area contributed by atoms with E-state index in [1.165, 1.54) is 0 Å². The number of hydrogen-bond donors (Lipinski definition) is 2. The van der Waals surface area contributed by atoms with Crippen molar-refractivity contribution in [2.75, 3.05) is 6.54 Å². The molecule has 0 heterocycles. The van der Waals surface area contributed by atoms with Crippen LogP contribution in [0.5, 0.6) is 0 Å². The smallest absolute Gasteiger partial charge is 0.0656 e. The normalized spacial score (nSPS) is 36.9. The summed E-state index contributed by atoms with van der Waals surface area (Å²) in [6.07, 6.45) is 1.91.